The molecule has 0 amide bonds. The Morgan fingerprint density at radius 2 is 1.41 bits per heavy atom. The van der Waals surface area contributed by atoms with E-state index in [1.807, 2.05) is 41.0 Å². The monoisotopic (exact) mass is 403 g/mol. The topological polar surface area (TPSA) is 83.8 Å². The van der Waals surface area contributed by atoms with Crippen molar-refractivity contribution in [1.82, 2.24) is 0 Å². The third-order valence-corrected chi connectivity index (χ3v) is 7.11. The standard InChI is InChI=1S/C18H17N3O4S2/c1-12-2-4-13(5-3-12)19-16-10-27(24,25)11-17(16)20(18(19)26)14-6-8-15(9-7-14)21(22)23/h2-9,16-17H,10-11H2,1H3/t16-,17-/m0/s1. The lowest BCUT2D eigenvalue weighted by molar-refractivity contribution is -0.384. The molecule has 2 aliphatic heterocycles. The van der Waals surface area contributed by atoms with Crippen LogP contribution in [0.3, 0.4) is 0 Å². The van der Waals surface area contributed by atoms with E-state index < -0.39 is 14.8 Å². The van der Waals surface area contributed by atoms with Crippen molar-refractivity contribution in [1.29, 1.82) is 0 Å². The lowest BCUT2D eigenvalue weighted by atomic mass is 10.1. The maximum atomic E-state index is 12.3. The maximum absolute atomic E-state index is 12.3. The van der Waals surface area contributed by atoms with Crippen LogP contribution >= 0.6 is 12.2 Å². The van der Waals surface area contributed by atoms with Gasteiger partial charge in [-0.15, -0.1) is 0 Å². The van der Waals surface area contributed by atoms with Crippen LogP contribution in [0, 0.1) is 17.0 Å². The molecule has 27 heavy (non-hydrogen) atoms. The predicted molar refractivity (Wildman–Crippen MR) is 108 cm³/mol. The minimum absolute atomic E-state index is 0.0111. The van der Waals surface area contributed by atoms with E-state index in [4.69, 9.17) is 12.2 Å². The summed E-state index contributed by atoms with van der Waals surface area (Å²) in [5.74, 6) is 0.0479. The molecule has 0 aliphatic carbocycles. The summed E-state index contributed by atoms with van der Waals surface area (Å²) in [6.45, 7) is 1.98. The van der Waals surface area contributed by atoms with Crippen molar-refractivity contribution >= 4 is 44.2 Å². The molecule has 2 heterocycles. The Hall–Kier alpha value is -2.52. The number of nitro groups is 1. The van der Waals surface area contributed by atoms with Gasteiger partial charge in [0.25, 0.3) is 5.69 Å². The molecule has 0 spiro atoms. The van der Waals surface area contributed by atoms with Crippen LogP contribution in [0.15, 0.2) is 48.5 Å². The van der Waals surface area contributed by atoms with Crippen LogP contribution in [0.5, 0.6) is 0 Å². The van der Waals surface area contributed by atoms with Crippen molar-refractivity contribution in [2.24, 2.45) is 0 Å². The van der Waals surface area contributed by atoms with Crippen LogP contribution in [0.25, 0.3) is 0 Å². The van der Waals surface area contributed by atoms with Crippen molar-refractivity contribution in [3.05, 3.63) is 64.2 Å². The Morgan fingerprint density at radius 3 is 1.85 bits per heavy atom. The molecule has 0 N–H and O–H groups in total. The number of nitro benzene ring substituents is 1. The number of aryl methyl sites for hydroxylation is 1. The smallest absolute Gasteiger partial charge is 0.269 e. The van der Waals surface area contributed by atoms with Gasteiger partial charge in [0, 0.05) is 23.5 Å². The second kappa shape index (κ2) is 6.28. The van der Waals surface area contributed by atoms with Crippen molar-refractivity contribution in [3.8, 4) is 0 Å². The van der Waals surface area contributed by atoms with E-state index in [0.29, 0.717) is 10.8 Å². The number of nitrogens with zero attached hydrogens (tertiary/aromatic N) is 3. The van der Waals surface area contributed by atoms with Crippen molar-refractivity contribution in [2.75, 3.05) is 21.3 Å². The fourth-order valence-electron chi connectivity index (χ4n) is 3.75. The molecule has 0 unspecified atom stereocenters. The molecule has 2 fully saturated rings. The molecule has 2 aromatic carbocycles. The summed E-state index contributed by atoms with van der Waals surface area (Å²) < 4.78 is 24.6. The third kappa shape index (κ3) is 3.06. The first-order valence-corrected chi connectivity index (χ1v) is 10.6. The Bertz CT molecular complexity index is 1020. The van der Waals surface area contributed by atoms with Crippen LogP contribution in [-0.2, 0) is 9.84 Å². The molecule has 140 valence electrons. The molecule has 2 aliphatic rings. The minimum Gasteiger partial charge on any atom is -0.312 e. The highest BCUT2D eigenvalue weighted by Gasteiger charge is 2.52. The van der Waals surface area contributed by atoms with Gasteiger partial charge < -0.3 is 9.80 Å². The van der Waals surface area contributed by atoms with E-state index in [1.165, 1.54) is 12.1 Å². The van der Waals surface area contributed by atoms with Gasteiger partial charge in [-0.1, -0.05) is 17.7 Å². The van der Waals surface area contributed by atoms with Gasteiger partial charge in [-0.05, 0) is 43.4 Å². The molecule has 7 nitrogen and oxygen atoms in total. The molecule has 0 saturated carbocycles. The molecule has 2 aromatic rings. The van der Waals surface area contributed by atoms with E-state index in [9.17, 15) is 18.5 Å². The quantitative estimate of drug-likeness (QED) is 0.443. The largest absolute Gasteiger partial charge is 0.312 e. The summed E-state index contributed by atoms with van der Waals surface area (Å²) in [6, 6.07) is 13.2. The van der Waals surface area contributed by atoms with Crippen LogP contribution in [0.4, 0.5) is 17.1 Å². The molecular weight excluding hydrogens is 386 g/mol. The number of anilines is 2. The van der Waals surface area contributed by atoms with Gasteiger partial charge >= 0.3 is 0 Å². The molecule has 2 saturated heterocycles. The SMILES string of the molecule is Cc1ccc(N2C(=S)N(c3ccc([N+](=O)[O-])cc3)[C@H]3CS(=O)(=O)C[C@@H]32)cc1. The van der Waals surface area contributed by atoms with Crippen LogP contribution in [0.1, 0.15) is 5.56 Å². The molecule has 0 bridgehead atoms. The highest BCUT2D eigenvalue weighted by molar-refractivity contribution is 7.91. The number of sulfone groups is 1. The predicted octanol–water partition coefficient (Wildman–Crippen LogP) is 2.68. The van der Waals surface area contributed by atoms with Gasteiger partial charge in [0.05, 0.1) is 28.5 Å². The number of rotatable bonds is 3. The number of hydrogen-bond acceptors (Lipinski definition) is 5. The summed E-state index contributed by atoms with van der Waals surface area (Å²) in [7, 11) is -3.19. The highest BCUT2D eigenvalue weighted by Crippen LogP contribution is 2.38. The first kappa shape index (κ1) is 17.9. The van der Waals surface area contributed by atoms with Gasteiger partial charge in [-0.2, -0.15) is 0 Å². The molecule has 0 radical (unpaired) electrons. The lowest BCUT2D eigenvalue weighted by Gasteiger charge is -2.25. The van der Waals surface area contributed by atoms with Gasteiger partial charge in [0.2, 0.25) is 0 Å². The molecule has 9 heteroatoms. The highest BCUT2D eigenvalue weighted by atomic mass is 32.2. The van der Waals surface area contributed by atoms with E-state index >= 15 is 0 Å². The first-order chi connectivity index (χ1) is 12.8. The second-order valence-corrected chi connectivity index (χ2v) is 9.36. The van der Waals surface area contributed by atoms with E-state index in [-0.39, 0.29) is 29.3 Å². The summed E-state index contributed by atoms with van der Waals surface area (Å²) in [4.78, 5) is 14.2. The summed E-state index contributed by atoms with van der Waals surface area (Å²) in [5, 5.41) is 11.4. The number of benzene rings is 2. The number of hydrogen-bond donors (Lipinski definition) is 0. The van der Waals surface area contributed by atoms with E-state index in [1.54, 1.807) is 12.1 Å². The van der Waals surface area contributed by atoms with Crippen molar-refractivity contribution in [3.63, 3.8) is 0 Å². The Morgan fingerprint density at radius 1 is 0.963 bits per heavy atom. The Labute approximate surface area is 162 Å². The first-order valence-electron chi connectivity index (χ1n) is 8.41. The maximum Gasteiger partial charge on any atom is 0.269 e. The zero-order valence-corrected chi connectivity index (χ0v) is 16.1. The zero-order valence-electron chi connectivity index (χ0n) is 14.5. The average Bonchev–Trinajstić information content (AvgIpc) is 3.05. The minimum atomic E-state index is -3.19. The van der Waals surface area contributed by atoms with Gasteiger partial charge in [-0.25, -0.2) is 8.42 Å². The lowest BCUT2D eigenvalue weighted by Crippen LogP contribution is -2.37. The number of fused-ring (bicyclic) bond motifs is 1. The average molecular weight is 403 g/mol. The molecular formula is C18H17N3O4S2. The molecule has 2 atom stereocenters. The van der Waals surface area contributed by atoms with Crippen LogP contribution in [-0.4, -0.2) is 42.0 Å². The number of non-ortho nitro benzene ring substituents is 1. The summed E-state index contributed by atoms with van der Waals surface area (Å²) >= 11 is 5.70. The van der Waals surface area contributed by atoms with Crippen molar-refractivity contribution in [2.45, 2.75) is 19.0 Å². The van der Waals surface area contributed by atoms with E-state index in [0.717, 1.165) is 11.3 Å². The Balaban J connectivity index is 1.76. The second-order valence-electron chi connectivity index (χ2n) is 6.84. The van der Waals surface area contributed by atoms with Crippen LogP contribution < -0.4 is 9.80 Å². The van der Waals surface area contributed by atoms with Crippen LogP contribution in [0.2, 0.25) is 0 Å². The Kier molecular flexibility index (Phi) is 4.15. The van der Waals surface area contributed by atoms with Gasteiger partial charge in [0.1, 0.15) is 0 Å². The molecule has 0 aromatic heterocycles. The summed E-state index contributed by atoms with van der Waals surface area (Å²) in [5.41, 5.74) is 2.59. The summed E-state index contributed by atoms with van der Waals surface area (Å²) in [6.07, 6.45) is 0. The molecule has 4 rings (SSSR count). The third-order valence-electron chi connectivity index (χ3n) is 5.02. The fraction of sp³-hybridized carbons (Fsp3) is 0.278. The number of thiocarbonyl (C=S) groups is 1. The van der Waals surface area contributed by atoms with E-state index in [2.05, 4.69) is 0 Å². The normalized spacial score (nSPS) is 23.5. The van der Waals surface area contributed by atoms with Crippen molar-refractivity contribution < 1.29 is 13.3 Å². The van der Waals surface area contributed by atoms with Gasteiger partial charge in [-0.3, -0.25) is 10.1 Å². The zero-order chi connectivity index (χ0) is 19.3. The fourth-order valence-corrected chi connectivity index (χ4v) is 6.15. The van der Waals surface area contributed by atoms with Gasteiger partial charge in [0.15, 0.2) is 14.9 Å².